The summed E-state index contributed by atoms with van der Waals surface area (Å²) in [5, 5.41) is 11.8. The van der Waals surface area contributed by atoms with Crippen LogP contribution < -0.4 is 5.32 Å². The van der Waals surface area contributed by atoms with Gasteiger partial charge in [0, 0.05) is 17.4 Å². The Kier molecular flexibility index (Phi) is 6.22. The third-order valence-electron chi connectivity index (χ3n) is 2.46. The molecule has 2 N–H and O–H groups in total. The van der Waals surface area contributed by atoms with Gasteiger partial charge >= 0.3 is 0 Å². The number of benzene rings is 1. The number of halogens is 1. The van der Waals surface area contributed by atoms with Crippen LogP contribution in [0.1, 0.15) is 25.3 Å². The van der Waals surface area contributed by atoms with Crippen LogP contribution in [0.4, 0.5) is 0 Å². The van der Waals surface area contributed by atoms with Crippen LogP contribution in [0.15, 0.2) is 28.7 Å². The number of aryl methyl sites for hydroxylation is 1. The predicted octanol–water partition coefficient (Wildman–Crippen LogP) is 2.27. The lowest BCUT2D eigenvalue weighted by molar-refractivity contribution is -0.121. The molecule has 1 unspecified atom stereocenters. The summed E-state index contributed by atoms with van der Waals surface area (Å²) in [4.78, 5) is 11.5. The van der Waals surface area contributed by atoms with Gasteiger partial charge in [-0.15, -0.1) is 0 Å². The topological polar surface area (TPSA) is 49.3 Å². The predicted molar refractivity (Wildman–Crippen MR) is 71.8 cm³/mol. The summed E-state index contributed by atoms with van der Waals surface area (Å²) < 4.78 is 1.04. The molecule has 0 aliphatic carbocycles. The van der Waals surface area contributed by atoms with Gasteiger partial charge in [-0.1, -0.05) is 34.1 Å². The van der Waals surface area contributed by atoms with Crippen molar-refractivity contribution in [1.29, 1.82) is 0 Å². The molecule has 0 saturated heterocycles. The van der Waals surface area contributed by atoms with Crippen molar-refractivity contribution in [2.24, 2.45) is 0 Å². The van der Waals surface area contributed by atoms with Gasteiger partial charge in [0.25, 0.3) is 0 Å². The molecule has 0 saturated carbocycles. The third kappa shape index (κ3) is 5.84. The number of nitrogens with one attached hydrogen (secondary N) is 1. The molecule has 1 atom stereocenters. The van der Waals surface area contributed by atoms with Crippen LogP contribution in [-0.4, -0.2) is 23.7 Å². The van der Waals surface area contributed by atoms with E-state index in [4.69, 9.17) is 5.11 Å². The van der Waals surface area contributed by atoms with Gasteiger partial charge in [-0.3, -0.25) is 4.79 Å². The second kappa shape index (κ2) is 7.45. The van der Waals surface area contributed by atoms with E-state index in [0.29, 0.717) is 19.4 Å². The normalized spacial score (nSPS) is 12.2. The minimum absolute atomic E-state index is 0.0291. The van der Waals surface area contributed by atoms with E-state index < -0.39 is 0 Å². The van der Waals surface area contributed by atoms with Gasteiger partial charge in [-0.2, -0.15) is 0 Å². The van der Waals surface area contributed by atoms with Gasteiger partial charge in [0.2, 0.25) is 5.91 Å². The molecule has 0 aromatic heterocycles. The molecule has 0 bridgehead atoms. The molecular weight excluding hydrogens is 282 g/mol. The van der Waals surface area contributed by atoms with Crippen LogP contribution >= 0.6 is 15.9 Å². The summed E-state index contributed by atoms with van der Waals surface area (Å²) >= 11 is 3.45. The number of amides is 1. The van der Waals surface area contributed by atoms with Gasteiger partial charge in [0.05, 0.1) is 6.10 Å². The zero-order valence-corrected chi connectivity index (χ0v) is 11.5. The molecular formula is C13H18BrNO2. The Hall–Kier alpha value is -0.870. The summed E-state index contributed by atoms with van der Waals surface area (Å²) in [5.74, 6) is 0.0291. The first-order valence-corrected chi connectivity index (χ1v) is 6.57. The van der Waals surface area contributed by atoms with E-state index in [1.54, 1.807) is 6.92 Å². The number of aliphatic hydroxyl groups is 1. The van der Waals surface area contributed by atoms with Crippen LogP contribution in [0.2, 0.25) is 0 Å². The molecule has 0 spiro atoms. The molecule has 3 nitrogen and oxygen atoms in total. The van der Waals surface area contributed by atoms with E-state index in [-0.39, 0.29) is 12.0 Å². The van der Waals surface area contributed by atoms with Gasteiger partial charge in [0.15, 0.2) is 0 Å². The van der Waals surface area contributed by atoms with Crippen molar-refractivity contribution in [1.82, 2.24) is 5.32 Å². The standard InChI is InChI=1S/C13H18BrNO2/c1-10(16)8-9-15-13(17)7-6-11-4-2-3-5-12(11)14/h2-5,10,16H,6-9H2,1H3,(H,15,17). The van der Waals surface area contributed by atoms with Crippen LogP contribution in [0, 0.1) is 0 Å². The lowest BCUT2D eigenvalue weighted by Gasteiger charge is -2.07. The first-order chi connectivity index (χ1) is 8.09. The molecule has 0 aliphatic rings. The fraction of sp³-hybridized carbons (Fsp3) is 0.462. The Morgan fingerprint density at radius 3 is 2.82 bits per heavy atom. The molecule has 1 aromatic rings. The molecule has 1 rings (SSSR count). The molecule has 94 valence electrons. The first-order valence-electron chi connectivity index (χ1n) is 5.77. The number of carbonyl (C=O) groups excluding carboxylic acids is 1. The van der Waals surface area contributed by atoms with Crippen LogP contribution in [-0.2, 0) is 11.2 Å². The van der Waals surface area contributed by atoms with Gasteiger partial charge < -0.3 is 10.4 Å². The maximum Gasteiger partial charge on any atom is 0.220 e. The van der Waals surface area contributed by atoms with E-state index >= 15 is 0 Å². The molecule has 1 amide bonds. The highest BCUT2D eigenvalue weighted by Crippen LogP contribution is 2.17. The Bertz CT molecular complexity index is 366. The van der Waals surface area contributed by atoms with Crippen molar-refractivity contribution >= 4 is 21.8 Å². The summed E-state index contributed by atoms with van der Waals surface area (Å²) in [7, 11) is 0. The smallest absolute Gasteiger partial charge is 0.220 e. The van der Waals surface area contributed by atoms with Gasteiger partial charge in [0.1, 0.15) is 0 Å². The number of rotatable bonds is 6. The van der Waals surface area contributed by atoms with Gasteiger partial charge in [-0.05, 0) is 31.4 Å². The second-order valence-electron chi connectivity index (χ2n) is 4.08. The molecule has 0 radical (unpaired) electrons. The van der Waals surface area contributed by atoms with Crippen molar-refractivity contribution in [2.45, 2.75) is 32.3 Å². The molecule has 0 fully saturated rings. The summed E-state index contributed by atoms with van der Waals surface area (Å²) in [6, 6.07) is 7.90. The lowest BCUT2D eigenvalue weighted by Crippen LogP contribution is -2.26. The van der Waals surface area contributed by atoms with Crippen molar-refractivity contribution in [3.63, 3.8) is 0 Å². The Morgan fingerprint density at radius 1 is 1.47 bits per heavy atom. The summed E-state index contributed by atoms with van der Waals surface area (Å²) in [6.07, 6.45) is 1.43. The van der Waals surface area contributed by atoms with Crippen molar-refractivity contribution in [3.05, 3.63) is 34.3 Å². The maximum atomic E-state index is 11.5. The average Bonchev–Trinajstić information content (AvgIpc) is 2.27. The van der Waals surface area contributed by atoms with Crippen LogP contribution in [0.25, 0.3) is 0 Å². The fourth-order valence-corrected chi connectivity index (χ4v) is 1.94. The van der Waals surface area contributed by atoms with E-state index in [9.17, 15) is 4.79 Å². The first kappa shape index (κ1) is 14.2. The monoisotopic (exact) mass is 299 g/mol. The average molecular weight is 300 g/mol. The minimum atomic E-state index is -0.362. The minimum Gasteiger partial charge on any atom is -0.393 e. The fourth-order valence-electron chi connectivity index (χ4n) is 1.46. The highest BCUT2D eigenvalue weighted by Gasteiger charge is 2.04. The Morgan fingerprint density at radius 2 is 2.18 bits per heavy atom. The largest absolute Gasteiger partial charge is 0.393 e. The zero-order valence-electron chi connectivity index (χ0n) is 9.95. The number of hydrogen-bond donors (Lipinski definition) is 2. The van der Waals surface area contributed by atoms with E-state index in [0.717, 1.165) is 16.5 Å². The number of aliphatic hydroxyl groups excluding tert-OH is 1. The molecule has 0 heterocycles. The molecule has 17 heavy (non-hydrogen) atoms. The van der Waals surface area contributed by atoms with Gasteiger partial charge in [-0.25, -0.2) is 0 Å². The van der Waals surface area contributed by atoms with E-state index in [2.05, 4.69) is 21.2 Å². The Labute approximate surface area is 110 Å². The zero-order chi connectivity index (χ0) is 12.7. The van der Waals surface area contributed by atoms with Crippen LogP contribution in [0.5, 0.6) is 0 Å². The highest BCUT2D eigenvalue weighted by atomic mass is 79.9. The van der Waals surface area contributed by atoms with E-state index in [1.807, 2.05) is 24.3 Å². The molecule has 0 aliphatic heterocycles. The quantitative estimate of drug-likeness (QED) is 0.846. The highest BCUT2D eigenvalue weighted by molar-refractivity contribution is 9.10. The number of carbonyl (C=O) groups is 1. The van der Waals surface area contributed by atoms with E-state index in [1.165, 1.54) is 0 Å². The number of hydrogen-bond acceptors (Lipinski definition) is 2. The van der Waals surface area contributed by atoms with Crippen molar-refractivity contribution in [2.75, 3.05) is 6.54 Å². The molecule has 1 aromatic carbocycles. The molecule has 4 heteroatoms. The van der Waals surface area contributed by atoms with Crippen molar-refractivity contribution < 1.29 is 9.90 Å². The van der Waals surface area contributed by atoms with Crippen LogP contribution in [0.3, 0.4) is 0 Å². The third-order valence-corrected chi connectivity index (χ3v) is 3.24. The second-order valence-corrected chi connectivity index (χ2v) is 4.93. The van der Waals surface area contributed by atoms with Crippen molar-refractivity contribution in [3.8, 4) is 0 Å². The Balaban J connectivity index is 2.26. The maximum absolute atomic E-state index is 11.5. The SMILES string of the molecule is CC(O)CCNC(=O)CCc1ccccc1Br. The summed E-state index contributed by atoms with van der Waals surface area (Å²) in [6.45, 7) is 2.25. The summed E-state index contributed by atoms with van der Waals surface area (Å²) in [5.41, 5.74) is 1.14. The lowest BCUT2D eigenvalue weighted by atomic mass is 10.1.